The van der Waals surface area contributed by atoms with Crippen LogP contribution < -0.4 is 10.6 Å². The fourth-order valence-electron chi connectivity index (χ4n) is 5.29. The molecule has 37 heavy (non-hydrogen) atoms. The molecule has 0 radical (unpaired) electrons. The highest BCUT2D eigenvalue weighted by Gasteiger charge is 2.38. The average molecular weight is 504 g/mol. The molecule has 1 saturated carbocycles. The maximum absolute atomic E-state index is 13.3. The first-order chi connectivity index (χ1) is 18.0. The maximum atomic E-state index is 13.3. The van der Waals surface area contributed by atoms with Crippen molar-refractivity contribution in [3.63, 3.8) is 0 Å². The van der Waals surface area contributed by atoms with E-state index in [-0.39, 0.29) is 18.5 Å². The Bertz CT molecular complexity index is 1120. The van der Waals surface area contributed by atoms with Crippen LogP contribution in [0.1, 0.15) is 76.0 Å². The quantitative estimate of drug-likeness (QED) is 0.387. The van der Waals surface area contributed by atoms with Crippen molar-refractivity contribution in [2.75, 3.05) is 18.5 Å². The first kappa shape index (κ1) is 26.5. The minimum absolute atomic E-state index is 0.0132. The molecule has 196 valence electrons. The molecule has 0 bridgehead atoms. The lowest BCUT2D eigenvalue weighted by molar-refractivity contribution is -0.139. The Kier molecular flexibility index (Phi) is 8.99. The number of benzene rings is 2. The van der Waals surface area contributed by atoms with Gasteiger partial charge in [0.05, 0.1) is 23.9 Å². The Morgan fingerprint density at radius 1 is 1.03 bits per heavy atom. The fraction of sp³-hybridized carbons (Fsp3) is 0.433. The van der Waals surface area contributed by atoms with Crippen LogP contribution in [0.15, 0.2) is 60.2 Å². The number of amides is 3. The molecule has 3 amide bonds. The third-order valence-electron chi connectivity index (χ3n) is 7.10. The van der Waals surface area contributed by atoms with Crippen molar-refractivity contribution in [3.05, 3.63) is 71.3 Å². The third-order valence-corrected chi connectivity index (χ3v) is 7.10. The molecular weight excluding hydrogens is 466 g/mol. The summed E-state index contributed by atoms with van der Waals surface area (Å²) in [6.45, 7) is 4.46. The van der Waals surface area contributed by atoms with Crippen molar-refractivity contribution in [3.8, 4) is 0 Å². The average Bonchev–Trinajstić information content (AvgIpc) is 3.43. The van der Waals surface area contributed by atoms with Gasteiger partial charge in [0.1, 0.15) is 0 Å². The van der Waals surface area contributed by atoms with Crippen LogP contribution in [0.4, 0.5) is 10.5 Å². The van der Waals surface area contributed by atoms with Gasteiger partial charge in [-0.05, 0) is 48.9 Å². The van der Waals surface area contributed by atoms with E-state index in [9.17, 15) is 14.4 Å². The predicted octanol–water partition coefficient (Wildman–Crippen LogP) is 6.05. The zero-order chi connectivity index (χ0) is 26.2. The predicted molar refractivity (Wildman–Crippen MR) is 145 cm³/mol. The van der Waals surface area contributed by atoms with Crippen LogP contribution in [0.25, 0.3) is 5.70 Å². The topological polar surface area (TPSA) is 87.7 Å². The molecule has 1 unspecified atom stereocenters. The molecule has 2 aromatic rings. The van der Waals surface area contributed by atoms with Gasteiger partial charge in [-0.25, -0.2) is 9.59 Å². The SMILES string of the molecule is CCCN1C(=O)NC(c2ccc(NC(=O)CCC3CCCC3)cc2)C(C(=O)OCC)=C1c1ccccc1. The van der Waals surface area contributed by atoms with Gasteiger partial charge in [0.15, 0.2) is 0 Å². The number of hydrogen-bond acceptors (Lipinski definition) is 4. The number of ether oxygens (including phenoxy) is 1. The van der Waals surface area contributed by atoms with Crippen LogP contribution >= 0.6 is 0 Å². The normalized spacial score (nSPS) is 18.1. The van der Waals surface area contributed by atoms with Crippen molar-refractivity contribution in [2.24, 2.45) is 5.92 Å². The summed E-state index contributed by atoms with van der Waals surface area (Å²) in [6, 6.07) is 15.9. The van der Waals surface area contributed by atoms with Gasteiger partial charge in [-0.2, -0.15) is 0 Å². The molecule has 0 saturated heterocycles. The van der Waals surface area contributed by atoms with Crippen LogP contribution in [0.3, 0.4) is 0 Å². The van der Waals surface area contributed by atoms with Crippen molar-refractivity contribution in [1.29, 1.82) is 0 Å². The summed E-state index contributed by atoms with van der Waals surface area (Å²) in [7, 11) is 0. The van der Waals surface area contributed by atoms with Crippen LogP contribution in [0.2, 0.25) is 0 Å². The van der Waals surface area contributed by atoms with Crippen LogP contribution in [-0.2, 0) is 14.3 Å². The van der Waals surface area contributed by atoms with Crippen LogP contribution in [-0.4, -0.2) is 36.0 Å². The monoisotopic (exact) mass is 503 g/mol. The van der Waals surface area contributed by atoms with Gasteiger partial charge in [-0.3, -0.25) is 9.69 Å². The first-order valence-corrected chi connectivity index (χ1v) is 13.5. The summed E-state index contributed by atoms with van der Waals surface area (Å²) in [5.41, 5.74) is 3.18. The van der Waals surface area contributed by atoms with Gasteiger partial charge in [-0.1, -0.05) is 75.1 Å². The standard InChI is InChI=1S/C30H37N3O4/c1-3-20-33-28(23-12-6-5-7-13-23)26(29(35)37-4-2)27(32-30(33)36)22-15-17-24(18-16-22)31-25(34)19-14-21-10-8-9-11-21/h5-7,12-13,15-18,21,27H,3-4,8-11,14,19-20H2,1-2H3,(H,31,34)(H,32,36). The lowest BCUT2D eigenvalue weighted by Crippen LogP contribution is -2.48. The Morgan fingerprint density at radius 2 is 1.73 bits per heavy atom. The number of anilines is 1. The molecule has 2 N–H and O–H groups in total. The first-order valence-electron chi connectivity index (χ1n) is 13.5. The number of rotatable bonds is 10. The van der Waals surface area contributed by atoms with Gasteiger partial charge < -0.3 is 15.4 Å². The van der Waals surface area contributed by atoms with E-state index in [0.717, 1.165) is 24.0 Å². The highest BCUT2D eigenvalue weighted by Crippen LogP contribution is 2.37. The summed E-state index contributed by atoms with van der Waals surface area (Å²) in [5.74, 6) is 0.221. The minimum atomic E-state index is -0.679. The zero-order valence-electron chi connectivity index (χ0n) is 21.8. The van der Waals surface area contributed by atoms with Crippen molar-refractivity contribution in [2.45, 2.75) is 64.8 Å². The lowest BCUT2D eigenvalue weighted by Gasteiger charge is -2.36. The van der Waals surface area contributed by atoms with E-state index in [1.54, 1.807) is 11.8 Å². The highest BCUT2D eigenvalue weighted by atomic mass is 16.5. The van der Waals surface area contributed by atoms with E-state index in [1.807, 2.05) is 61.5 Å². The summed E-state index contributed by atoms with van der Waals surface area (Å²) >= 11 is 0. The summed E-state index contributed by atoms with van der Waals surface area (Å²) in [6.07, 6.45) is 7.19. The Hall–Kier alpha value is -3.61. The molecule has 2 aliphatic rings. The molecule has 1 heterocycles. The van der Waals surface area contributed by atoms with Gasteiger partial charge in [-0.15, -0.1) is 0 Å². The molecule has 7 nitrogen and oxygen atoms in total. The largest absolute Gasteiger partial charge is 0.463 e. The second-order valence-electron chi connectivity index (χ2n) is 9.74. The zero-order valence-corrected chi connectivity index (χ0v) is 21.8. The molecule has 2 aromatic carbocycles. The Morgan fingerprint density at radius 3 is 2.38 bits per heavy atom. The second kappa shape index (κ2) is 12.6. The van der Waals surface area contributed by atoms with Crippen molar-refractivity contribution >= 4 is 29.3 Å². The summed E-state index contributed by atoms with van der Waals surface area (Å²) in [5, 5.41) is 5.99. The maximum Gasteiger partial charge on any atom is 0.338 e. The van der Waals surface area contributed by atoms with Crippen LogP contribution in [0.5, 0.6) is 0 Å². The number of carbonyl (C=O) groups excluding carboxylic acids is 3. The van der Waals surface area contributed by atoms with Crippen molar-refractivity contribution in [1.82, 2.24) is 10.2 Å². The number of nitrogens with zero attached hydrogens (tertiary/aromatic N) is 1. The van der Waals surface area contributed by atoms with Gasteiger partial charge >= 0.3 is 12.0 Å². The van der Waals surface area contributed by atoms with E-state index >= 15 is 0 Å². The Labute approximate surface area is 219 Å². The second-order valence-corrected chi connectivity index (χ2v) is 9.74. The summed E-state index contributed by atoms with van der Waals surface area (Å²) in [4.78, 5) is 40.6. The van der Waals surface area contributed by atoms with E-state index in [1.165, 1.54) is 25.7 Å². The highest BCUT2D eigenvalue weighted by molar-refractivity contribution is 6.04. The van der Waals surface area contributed by atoms with E-state index in [4.69, 9.17) is 4.74 Å². The van der Waals surface area contributed by atoms with Gasteiger partial charge in [0.25, 0.3) is 0 Å². The number of nitrogens with one attached hydrogen (secondary N) is 2. The molecule has 7 heteroatoms. The van der Waals surface area contributed by atoms with E-state index < -0.39 is 12.0 Å². The van der Waals surface area contributed by atoms with E-state index in [2.05, 4.69) is 10.6 Å². The Balaban J connectivity index is 1.62. The molecule has 1 aliphatic carbocycles. The number of urea groups is 1. The van der Waals surface area contributed by atoms with Crippen LogP contribution in [0, 0.1) is 5.92 Å². The fourth-order valence-corrected chi connectivity index (χ4v) is 5.29. The molecular formula is C30H37N3O4. The smallest absolute Gasteiger partial charge is 0.338 e. The van der Waals surface area contributed by atoms with E-state index in [0.29, 0.717) is 35.8 Å². The number of hydrogen-bond donors (Lipinski definition) is 2. The lowest BCUT2D eigenvalue weighted by atomic mass is 9.91. The minimum Gasteiger partial charge on any atom is -0.463 e. The van der Waals surface area contributed by atoms with Crippen molar-refractivity contribution < 1.29 is 19.1 Å². The molecule has 4 rings (SSSR count). The molecule has 0 spiro atoms. The number of carbonyl (C=O) groups is 3. The molecule has 1 atom stereocenters. The third kappa shape index (κ3) is 6.40. The summed E-state index contributed by atoms with van der Waals surface area (Å²) < 4.78 is 5.46. The molecule has 1 aliphatic heterocycles. The van der Waals surface area contributed by atoms with Gasteiger partial charge in [0, 0.05) is 18.7 Å². The number of esters is 1. The molecule has 1 fully saturated rings. The van der Waals surface area contributed by atoms with Gasteiger partial charge in [0.2, 0.25) is 5.91 Å². The molecule has 0 aromatic heterocycles.